The van der Waals surface area contributed by atoms with Gasteiger partial charge < -0.3 is 4.90 Å². The van der Waals surface area contributed by atoms with E-state index in [1.807, 2.05) is 41.4 Å². The van der Waals surface area contributed by atoms with Gasteiger partial charge in [-0.25, -0.2) is 0 Å². The van der Waals surface area contributed by atoms with Gasteiger partial charge in [-0.3, -0.25) is 19.2 Å². The quantitative estimate of drug-likeness (QED) is 0.492. The van der Waals surface area contributed by atoms with Crippen LogP contribution in [-0.4, -0.2) is 67.4 Å². The minimum Gasteiger partial charge on any atom is -0.339 e. The smallest absolute Gasteiger partial charge is 0.233 e. The Morgan fingerprint density at radius 3 is 2.66 bits per heavy atom. The summed E-state index contributed by atoms with van der Waals surface area (Å²) in [5.41, 5.74) is 2.16. The maximum Gasteiger partial charge on any atom is 0.233 e. The molecule has 2 aliphatic rings. The van der Waals surface area contributed by atoms with Crippen LogP contribution >= 0.6 is 23.4 Å². The van der Waals surface area contributed by atoms with Crippen LogP contribution in [0, 0.1) is 0 Å². The lowest BCUT2D eigenvalue weighted by molar-refractivity contribution is -0.130. The van der Waals surface area contributed by atoms with E-state index in [4.69, 9.17) is 11.6 Å². The second-order valence-electron chi connectivity index (χ2n) is 8.22. The van der Waals surface area contributed by atoms with Gasteiger partial charge in [-0.1, -0.05) is 35.5 Å². The van der Waals surface area contributed by atoms with Gasteiger partial charge >= 0.3 is 0 Å². The molecule has 166 valence electrons. The van der Waals surface area contributed by atoms with Crippen LogP contribution in [0.2, 0.25) is 5.02 Å². The zero-order valence-electron chi connectivity index (χ0n) is 17.7. The molecule has 1 aromatic carbocycles. The molecule has 5 rings (SSSR count). The van der Waals surface area contributed by atoms with E-state index in [1.54, 1.807) is 6.20 Å². The molecule has 0 radical (unpaired) electrons. The summed E-state index contributed by atoms with van der Waals surface area (Å²) in [5, 5.41) is 10.4. The molecule has 0 unspecified atom stereocenters. The van der Waals surface area contributed by atoms with Gasteiger partial charge in [0.15, 0.2) is 11.0 Å². The SMILES string of the molecule is O=C(CSc1nnc(-c2cccnc2)n1C1CC1)N1CCN(Cc2cccc(Cl)c2)CC1. The number of hydrogen-bond acceptors (Lipinski definition) is 6. The number of pyridine rings is 1. The minimum absolute atomic E-state index is 0.158. The van der Waals surface area contributed by atoms with Crippen molar-refractivity contribution in [2.75, 3.05) is 31.9 Å². The Labute approximate surface area is 196 Å². The number of piperazine rings is 1. The molecule has 1 aliphatic carbocycles. The summed E-state index contributed by atoms with van der Waals surface area (Å²) in [6.45, 7) is 4.09. The van der Waals surface area contributed by atoms with E-state index >= 15 is 0 Å². The Morgan fingerprint density at radius 1 is 1.09 bits per heavy atom. The number of amides is 1. The molecular weight excluding hydrogens is 444 g/mol. The van der Waals surface area contributed by atoms with Gasteiger partial charge in [-0.15, -0.1) is 10.2 Å². The molecule has 2 fully saturated rings. The fourth-order valence-corrected chi connectivity index (χ4v) is 5.12. The van der Waals surface area contributed by atoms with Gasteiger partial charge in [-0.05, 0) is 42.7 Å². The van der Waals surface area contributed by atoms with Crippen molar-refractivity contribution in [1.82, 2.24) is 29.5 Å². The summed E-state index contributed by atoms with van der Waals surface area (Å²) in [6, 6.07) is 12.3. The number of hydrogen-bond donors (Lipinski definition) is 0. The van der Waals surface area contributed by atoms with Crippen LogP contribution in [0.25, 0.3) is 11.4 Å². The van der Waals surface area contributed by atoms with Gasteiger partial charge in [0.1, 0.15) is 0 Å². The third kappa shape index (κ3) is 4.98. The Hall–Kier alpha value is -2.42. The normalized spacial score (nSPS) is 17.0. The van der Waals surface area contributed by atoms with E-state index in [1.165, 1.54) is 17.3 Å². The predicted octanol–water partition coefficient (Wildman–Crippen LogP) is 3.76. The van der Waals surface area contributed by atoms with E-state index in [0.717, 1.165) is 67.1 Å². The molecule has 7 nitrogen and oxygen atoms in total. The maximum atomic E-state index is 12.9. The fraction of sp³-hybridized carbons (Fsp3) is 0.391. The fourth-order valence-electron chi connectivity index (χ4n) is 4.00. The van der Waals surface area contributed by atoms with Crippen LogP contribution in [0.3, 0.4) is 0 Å². The van der Waals surface area contributed by atoms with Gasteiger partial charge in [0.25, 0.3) is 0 Å². The summed E-state index contributed by atoms with van der Waals surface area (Å²) in [5.74, 6) is 1.38. The summed E-state index contributed by atoms with van der Waals surface area (Å²) < 4.78 is 2.18. The standard InChI is InChI=1S/C23H25ClN6OS/c24-19-5-1-3-17(13-19)15-28-9-11-29(12-10-28)21(31)16-32-23-27-26-22(30(23)20-6-7-20)18-4-2-8-25-14-18/h1-5,8,13-14,20H,6-7,9-12,15-16H2. The van der Waals surface area contributed by atoms with E-state index in [-0.39, 0.29) is 5.91 Å². The molecule has 32 heavy (non-hydrogen) atoms. The summed E-state index contributed by atoms with van der Waals surface area (Å²) >= 11 is 7.58. The number of nitrogens with zero attached hydrogens (tertiary/aromatic N) is 6. The van der Waals surface area contributed by atoms with Gasteiger partial charge in [0.2, 0.25) is 5.91 Å². The van der Waals surface area contributed by atoms with Crippen LogP contribution in [0.4, 0.5) is 0 Å². The lowest BCUT2D eigenvalue weighted by atomic mass is 10.2. The third-order valence-corrected chi connectivity index (χ3v) is 7.00. The molecule has 2 aromatic heterocycles. The van der Waals surface area contributed by atoms with Crippen LogP contribution in [0.15, 0.2) is 53.9 Å². The summed E-state index contributed by atoms with van der Waals surface area (Å²) in [7, 11) is 0. The molecule has 0 atom stereocenters. The topological polar surface area (TPSA) is 67.2 Å². The highest BCUT2D eigenvalue weighted by atomic mass is 35.5. The molecule has 1 aliphatic heterocycles. The average molecular weight is 469 g/mol. The van der Waals surface area contributed by atoms with Crippen molar-refractivity contribution in [1.29, 1.82) is 0 Å². The van der Waals surface area contributed by atoms with Crippen LogP contribution in [0.5, 0.6) is 0 Å². The molecule has 0 N–H and O–H groups in total. The van der Waals surface area contributed by atoms with Crippen molar-refractivity contribution in [3.63, 3.8) is 0 Å². The second kappa shape index (κ2) is 9.60. The van der Waals surface area contributed by atoms with Crippen LogP contribution < -0.4 is 0 Å². The van der Waals surface area contributed by atoms with Crippen molar-refractivity contribution in [3.8, 4) is 11.4 Å². The summed E-state index contributed by atoms with van der Waals surface area (Å²) in [6.07, 6.45) is 5.82. The van der Waals surface area contributed by atoms with E-state index in [2.05, 4.69) is 30.7 Å². The molecule has 3 aromatic rings. The molecule has 1 amide bonds. The highest BCUT2D eigenvalue weighted by molar-refractivity contribution is 7.99. The second-order valence-corrected chi connectivity index (χ2v) is 9.60. The highest BCUT2D eigenvalue weighted by Gasteiger charge is 2.31. The first-order valence-electron chi connectivity index (χ1n) is 10.9. The first kappa shape index (κ1) is 21.4. The van der Waals surface area contributed by atoms with Crippen LogP contribution in [0.1, 0.15) is 24.4 Å². The zero-order chi connectivity index (χ0) is 21.9. The Balaban J connectivity index is 1.16. The Morgan fingerprint density at radius 2 is 1.94 bits per heavy atom. The van der Waals surface area contributed by atoms with Gasteiger partial charge in [0.05, 0.1) is 5.75 Å². The van der Waals surface area contributed by atoms with Gasteiger partial charge in [0, 0.05) is 61.7 Å². The predicted molar refractivity (Wildman–Crippen MR) is 126 cm³/mol. The summed E-state index contributed by atoms with van der Waals surface area (Å²) in [4.78, 5) is 21.4. The van der Waals surface area contributed by atoms with Crippen molar-refractivity contribution in [3.05, 3.63) is 59.4 Å². The Kier molecular flexibility index (Phi) is 6.43. The Bertz CT molecular complexity index is 1080. The number of rotatable bonds is 7. The van der Waals surface area contributed by atoms with Crippen molar-refractivity contribution >= 4 is 29.3 Å². The third-order valence-electron chi connectivity index (χ3n) is 5.84. The molecule has 1 saturated carbocycles. The van der Waals surface area contributed by atoms with Crippen LogP contribution in [-0.2, 0) is 11.3 Å². The molecule has 0 bridgehead atoms. The van der Waals surface area contributed by atoms with Crippen molar-refractivity contribution in [2.24, 2.45) is 0 Å². The number of carbonyl (C=O) groups excluding carboxylic acids is 1. The monoisotopic (exact) mass is 468 g/mol. The van der Waals surface area contributed by atoms with E-state index in [0.29, 0.717) is 11.8 Å². The molecular formula is C23H25ClN6OS. The first-order valence-corrected chi connectivity index (χ1v) is 12.3. The molecule has 1 saturated heterocycles. The van der Waals surface area contributed by atoms with Crippen molar-refractivity contribution in [2.45, 2.75) is 30.6 Å². The minimum atomic E-state index is 0.158. The van der Waals surface area contributed by atoms with Gasteiger partial charge in [-0.2, -0.15) is 0 Å². The zero-order valence-corrected chi connectivity index (χ0v) is 19.3. The number of carbonyl (C=O) groups is 1. The lowest BCUT2D eigenvalue weighted by Crippen LogP contribution is -2.48. The number of benzene rings is 1. The first-order chi connectivity index (χ1) is 15.7. The number of aromatic nitrogens is 4. The largest absolute Gasteiger partial charge is 0.339 e. The average Bonchev–Trinajstić information content (AvgIpc) is 3.57. The number of thioether (sulfide) groups is 1. The van der Waals surface area contributed by atoms with E-state index in [9.17, 15) is 4.79 Å². The molecule has 9 heteroatoms. The highest BCUT2D eigenvalue weighted by Crippen LogP contribution is 2.41. The van der Waals surface area contributed by atoms with Crippen molar-refractivity contribution < 1.29 is 4.79 Å². The van der Waals surface area contributed by atoms with E-state index < -0.39 is 0 Å². The lowest BCUT2D eigenvalue weighted by Gasteiger charge is -2.34. The molecule has 3 heterocycles. The number of halogens is 1. The maximum absolute atomic E-state index is 12.9. The molecule has 0 spiro atoms.